The summed E-state index contributed by atoms with van der Waals surface area (Å²) >= 11 is 1.42. The van der Waals surface area contributed by atoms with Crippen molar-refractivity contribution in [2.75, 3.05) is 18.5 Å². The molecular weight excluding hydrogens is 328 g/mol. The van der Waals surface area contributed by atoms with Gasteiger partial charge in [-0.3, -0.25) is 10.3 Å². The minimum atomic E-state index is -0.592. The average Bonchev–Trinajstić information content (AvgIpc) is 2.92. The van der Waals surface area contributed by atoms with E-state index >= 15 is 0 Å². The number of nitrogens with one attached hydrogen (secondary N) is 1. The predicted octanol–water partition coefficient (Wildman–Crippen LogP) is 2.67. The van der Waals surface area contributed by atoms with Crippen LogP contribution >= 0.6 is 11.3 Å². The van der Waals surface area contributed by atoms with Crippen molar-refractivity contribution >= 4 is 29.0 Å². The van der Waals surface area contributed by atoms with Crippen LogP contribution in [0.4, 0.5) is 10.5 Å². The third-order valence-corrected chi connectivity index (χ3v) is 4.30. The number of benzene rings is 1. The van der Waals surface area contributed by atoms with E-state index in [0.717, 1.165) is 10.6 Å². The van der Waals surface area contributed by atoms with Crippen LogP contribution in [0.15, 0.2) is 34.6 Å². The van der Waals surface area contributed by atoms with Crippen molar-refractivity contribution in [2.24, 2.45) is 10.7 Å². The van der Waals surface area contributed by atoms with E-state index in [1.165, 1.54) is 11.3 Å². The van der Waals surface area contributed by atoms with Crippen LogP contribution in [0.3, 0.4) is 0 Å². The molecule has 126 valence electrons. The summed E-state index contributed by atoms with van der Waals surface area (Å²) in [6.45, 7) is 4.55. The summed E-state index contributed by atoms with van der Waals surface area (Å²) in [5.74, 6) is 0.747. The van der Waals surface area contributed by atoms with Crippen molar-refractivity contribution in [2.45, 2.75) is 19.4 Å². The Kier molecular flexibility index (Phi) is 4.50. The van der Waals surface area contributed by atoms with Gasteiger partial charge in [0.1, 0.15) is 18.0 Å². The Morgan fingerprint density at radius 1 is 1.50 bits per heavy atom. The Labute approximate surface area is 143 Å². The zero-order valence-electron chi connectivity index (χ0n) is 13.4. The Morgan fingerprint density at radius 2 is 2.33 bits per heavy atom. The van der Waals surface area contributed by atoms with Crippen molar-refractivity contribution in [1.29, 1.82) is 0 Å². The lowest BCUT2D eigenvalue weighted by Crippen LogP contribution is -2.37. The first-order chi connectivity index (χ1) is 11.4. The van der Waals surface area contributed by atoms with E-state index in [-0.39, 0.29) is 5.88 Å². The summed E-state index contributed by atoms with van der Waals surface area (Å²) in [5.41, 5.74) is 6.71. The maximum atomic E-state index is 12.0. The lowest BCUT2D eigenvalue weighted by molar-refractivity contribution is 0.106. The third-order valence-electron chi connectivity index (χ3n) is 3.55. The normalized spacial score (nSPS) is 20.3. The molecule has 1 amide bonds. The summed E-state index contributed by atoms with van der Waals surface area (Å²) in [7, 11) is 0. The van der Waals surface area contributed by atoms with Crippen LogP contribution in [0.5, 0.6) is 5.88 Å². The highest BCUT2D eigenvalue weighted by atomic mass is 32.1. The van der Waals surface area contributed by atoms with Crippen LogP contribution < -0.4 is 15.8 Å². The summed E-state index contributed by atoms with van der Waals surface area (Å²) < 4.78 is 10.6. The molecule has 1 aliphatic rings. The number of aryl methyl sites for hydroxylation is 1. The first-order valence-electron chi connectivity index (χ1n) is 7.38. The molecule has 0 radical (unpaired) electrons. The molecule has 0 fully saturated rings. The highest BCUT2D eigenvalue weighted by Crippen LogP contribution is 2.30. The molecule has 1 atom stereocenters. The van der Waals surface area contributed by atoms with Crippen LogP contribution in [0.1, 0.15) is 17.5 Å². The predicted molar refractivity (Wildman–Crippen MR) is 92.7 cm³/mol. The van der Waals surface area contributed by atoms with Gasteiger partial charge in [0.15, 0.2) is 0 Å². The Hall–Kier alpha value is -2.45. The van der Waals surface area contributed by atoms with Gasteiger partial charge >= 0.3 is 6.09 Å². The van der Waals surface area contributed by atoms with Crippen molar-refractivity contribution < 1.29 is 14.3 Å². The van der Waals surface area contributed by atoms with Gasteiger partial charge in [-0.05, 0) is 31.5 Å². The van der Waals surface area contributed by atoms with Crippen molar-refractivity contribution in [3.05, 3.63) is 40.2 Å². The van der Waals surface area contributed by atoms with E-state index in [9.17, 15) is 4.79 Å². The molecule has 0 saturated heterocycles. The fourth-order valence-corrected chi connectivity index (χ4v) is 2.96. The summed E-state index contributed by atoms with van der Waals surface area (Å²) in [6.07, 6.45) is -0.592. The van der Waals surface area contributed by atoms with Gasteiger partial charge in [0, 0.05) is 5.69 Å². The maximum Gasteiger partial charge on any atom is 0.418 e. The molecule has 3 rings (SSSR count). The fourth-order valence-electron chi connectivity index (χ4n) is 2.44. The summed E-state index contributed by atoms with van der Waals surface area (Å²) in [4.78, 5) is 20.6. The minimum Gasteiger partial charge on any atom is -0.390 e. The molecule has 1 unspecified atom stereocenters. The van der Waals surface area contributed by atoms with E-state index in [1.807, 2.05) is 32.0 Å². The second-order valence-corrected chi connectivity index (χ2v) is 6.73. The number of hydrogen-bond acceptors (Lipinski definition) is 7. The molecule has 7 nitrogen and oxygen atoms in total. The minimum absolute atomic E-state index is 0.288. The largest absolute Gasteiger partial charge is 0.418 e. The lowest BCUT2D eigenvalue weighted by Gasteiger charge is -2.30. The van der Waals surface area contributed by atoms with E-state index in [4.69, 9.17) is 15.2 Å². The average molecular weight is 346 g/mol. The molecule has 0 spiro atoms. The molecule has 1 aromatic heterocycles. The number of thiazole rings is 1. The molecule has 2 heterocycles. The number of hydrogen-bond donors (Lipinski definition) is 2. The molecule has 0 saturated carbocycles. The molecule has 2 aromatic rings. The standard InChI is InChI=1S/C16H18N4O3S/c1-10-18-14(8-24-10)23-15(21)19-12-5-3-4-11(6-12)16(2)9-22-7-13(17)20-16/h3-6,8H,7,9H2,1-2H3,(H2,17,20)(H,19,21). The van der Waals surface area contributed by atoms with E-state index in [0.29, 0.717) is 24.7 Å². The number of aromatic nitrogens is 1. The Morgan fingerprint density at radius 3 is 3.04 bits per heavy atom. The molecule has 1 aliphatic heterocycles. The number of anilines is 1. The number of amidine groups is 1. The van der Waals surface area contributed by atoms with Crippen LogP contribution in [0.2, 0.25) is 0 Å². The zero-order valence-corrected chi connectivity index (χ0v) is 14.2. The van der Waals surface area contributed by atoms with Gasteiger partial charge in [-0.25, -0.2) is 9.78 Å². The second-order valence-electron chi connectivity index (χ2n) is 5.67. The van der Waals surface area contributed by atoms with Gasteiger partial charge in [0.25, 0.3) is 0 Å². The van der Waals surface area contributed by atoms with Crippen molar-refractivity contribution in [3.63, 3.8) is 0 Å². The zero-order chi connectivity index (χ0) is 17.2. The van der Waals surface area contributed by atoms with Gasteiger partial charge in [-0.15, -0.1) is 11.3 Å². The molecule has 1 aromatic carbocycles. The lowest BCUT2D eigenvalue weighted by atomic mass is 9.92. The fraction of sp³-hybridized carbons (Fsp3) is 0.312. The number of nitrogens with zero attached hydrogens (tertiary/aromatic N) is 2. The maximum absolute atomic E-state index is 12.0. The van der Waals surface area contributed by atoms with Crippen molar-refractivity contribution in [1.82, 2.24) is 4.98 Å². The van der Waals surface area contributed by atoms with Gasteiger partial charge in [0.2, 0.25) is 5.88 Å². The number of amides is 1. The summed E-state index contributed by atoms with van der Waals surface area (Å²) in [6, 6.07) is 7.37. The second kappa shape index (κ2) is 6.58. The summed E-state index contributed by atoms with van der Waals surface area (Å²) in [5, 5.41) is 5.21. The number of carbonyl (C=O) groups is 1. The quantitative estimate of drug-likeness (QED) is 0.890. The van der Waals surface area contributed by atoms with Crippen LogP contribution in [-0.4, -0.2) is 30.1 Å². The van der Waals surface area contributed by atoms with Crippen LogP contribution in [0, 0.1) is 6.92 Å². The first-order valence-corrected chi connectivity index (χ1v) is 8.26. The SMILES string of the molecule is Cc1nc(OC(=O)Nc2cccc(C3(C)COCC(N)=N3)c2)cs1. The monoisotopic (exact) mass is 346 g/mol. The Balaban J connectivity index is 1.73. The molecular formula is C16H18N4O3S. The Bertz CT molecular complexity index is 789. The number of nitrogens with two attached hydrogens (primary N) is 1. The number of ether oxygens (including phenoxy) is 2. The number of aliphatic imine (C=N–C) groups is 1. The van der Waals surface area contributed by atoms with Crippen molar-refractivity contribution in [3.8, 4) is 5.88 Å². The first kappa shape index (κ1) is 16.4. The number of rotatable bonds is 3. The van der Waals surface area contributed by atoms with E-state index in [2.05, 4.69) is 15.3 Å². The molecule has 0 aliphatic carbocycles. The van der Waals surface area contributed by atoms with Gasteiger partial charge in [-0.2, -0.15) is 0 Å². The van der Waals surface area contributed by atoms with E-state index in [1.54, 1.807) is 11.4 Å². The van der Waals surface area contributed by atoms with Crippen LogP contribution in [-0.2, 0) is 10.3 Å². The number of carbonyl (C=O) groups excluding carboxylic acids is 1. The molecule has 8 heteroatoms. The smallest absolute Gasteiger partial charge is 0.390 e. The van der Waals surface area contributed by atoms with Crippen LogP contribution in [0.25, 0.3) is 0 Å². The molecule has 3 N–H and O–H groups in total. The topological polar surface area (TPSA) is 98.8 Å². The van der Waals surface area contributed by atoms with E-state index < -0.39 is 11.6 Å². The van der Waals surface area contributed by atoms with Gasteiger partial charge in [0.05, 0.1) is 17.0 Å². The third kappa shape index (κ3) is 3.72. The van der Waals surface area contributed by atoms with Gasteiger partial charge < -0.3 is 15.2 Å². The molecule has 24 heavy (non-hydrogen) atoms. The highest BCUT2D eigenvalue weighted by molar-refractivity contribution is 7.09. The van der Waals surface area contributed by atoms with Gasteiger partial charge in [-0.1, -0.05) is 12.1 Å². The molecule has 0 bridgehead atoms. The highest BCUT2D eigenvalue weighted by Gasteiger charge is 2.30.